The molecule has 1 heterocycles. The number of non-ortho nitro benzene ring substituents is 1. The summed E-state index contributed by atoms with van der Waals surface area (Å²) in [4.78, 5) is 33.0. The first kappa shape index (κ1) is 15.4. The summed E-state index contributed by atoms with van der Waals surface area (Å²) in [5.41, 5.74) is 0.542. The first-order valence-corrected chi connectivity index (χ1v) is 6.46. The molecule has 22 heavy (non-hydrogen) atoms. The fraction of sp³-hybridized carbons (Fsp3) is 0.125. The highest BCUT2D eigenvalue weighted by Gasteiger charge is 2.13. The second kappa shape index (κ2) is 6.17. The number of hydrogen-bond acceptors (Lipinski definition) is 5. The number of carbonyl (C=O) groups excluding carboxylic acids is 2. The van der Waals surface area contributed by atoms with Crippen LogP contribution in [0.25, 0.3) is 17.4 Å². The third-order valence-corrected chi connectivity index (χ3v) is 3.01. The Balaban J connectivity index is 2.38. The molecule has 0 aliphatic carbocycles. The van der Waals surface area contributed by atoms with Crippen LogP contribution in [0.15, 0.2) is 46.4 Å². The van der Waals surface area contributed by atoms with Gasteiger partial charge in [-0.25, -0.2) is 0 Å². The second-order valence-corrected chi connectivity index (χ2v) is 4.68. The maximum atomic E-state index is 11.4. The summed E-state index contributed by atoms with van der Waals surface area (Å²) in [5, 5.41) is 10.8. The average molecular weight is 299 g/mol. The Labute approximate surface area is 126 Å². The number of allylic oxidation sites excluding steroid dienone is 1. The van der Waals surface area contributed by atoms with Crippen molar-refractivity contribution in [1.29, 1.82) is 0 Å². The number of furan rings is 1. The van der Waals surface area contributed by atoms with Gasteiger partial charge in [0.15, 0.2) is 11.6 Å². The molecule has 0 saturated carbocycles. The van der Waals surface area contributed by atoms with Crippen LogP contribution in [0.1, 0.15) is 19.6 Å². The molecule has 0 aliphatic heterocycles. The minimum atomic E-state index is -0.489. The third kappa shape index (κ3) is 3.35. The quantitative estimate of drug-likeness (QED) is 0.277. The molecule has 0 amide bonds. The number of rotatable bonds is 5. The van der Waals surface area contributed by atoms with Gasteiger partial charge in [-0.1, -0.05) is 12.1 Å². The van der Waals surface area contributed by atoms with E-state index in [2.05, 4.69) is 0 Å². The zero-order chi connectivity index (χ0) is 16.3. The van der Waals surface area contributed by atoms with Gasteiger partial charge < -0.3 is 4.42 Å². The lowest BCUT2D eigenvalue weighted by Crippen LogP contribution is -2.05. The Bertz CT molecular complexity index is 769. The van der Waals surface area contributed by atoms with Gasteiger partial charge in [-0.05, 0) is 32.1 Å². The molecule has 1 aromatic carbocycles. The molecule has 0 atom stereocenters. The van der Waals surface area contributed by atoms with Crippen LogP contribution in [-0.4, -0.2) is 16.5 Å². The van der Waals surface area contributed by atoms with Gasteiger partial charge in [0, 0.05) is 17.7 Å². The highest BCUT2D eigenvalue weighted by molar-refractivity contribution is 6.21. The van der Waals surface area contributed by atoms with E-state index in [1.165, 1.54) is 32.1 Å². The molecule has 6 heteroatoms. The van der Waals surface area contributed by atoms with Crippen molar-refractivity contribution < 1.29 is 18.9 Å². The Hall–Kier alpha value is -3.02. The van der Waals surface area contributed by atoms with Crippen LogP contribution in [0.4, 0.5) is 5.69 Å². The predicted octanol–water partition coefficient (Wildman–Crippen LogP) is 3.42. The van der Waals surface area contributed by atoms with E-state index >= 15 is 0 Å². The van der Waals surface area contributed by atoms with Crippen LogP contribution in [0, 0.1) is 10.1 Å². The molecule has 0 spiro atoms. The van der Waals surface area contributed by atoms with Crippen molar-refractivity contribution in [3.8, 4) is 11.3 Å². The first-order chi connectivity index (χ1) is 10.4. The van der Waals surface area contributed by atoms with Crippen LogP contribution in [-0.2, 0) is 9.59 Å². The zero-order valence-corrected chi connectivity index (χ0v) is 12.0. The topological polar surface area (TPSA) is 90.4 Å². The normalized spacial score (nSPS) is 10.1. The lowest BCUT2D eigenvalue weighted by Gasteiger charge is -1.98. The first-order valence-electron chi connectivity index (χ1n) is 6.46. The summed E-state index contributed by atoms with van der Waals surface area (Å²) in [6, 6.07) is 9.24. The van der Waals surface area contributed by atoms with E-state index in [1.54, 1.807) is 24.3 Å². The number of Topliss-reactive ketones (excluding diaryl/α,β-unsaturated/α-hetero) is 2. The molecule has 2 aromatic rings. The Morgan fingerprint density at radius 3 is 2.41 bits per heavy atom. The van der Waals surface area contributed by atoms with Crippen molar-refractivity contribution in [2.45, 2.75) is 13.8 Å². The highest BCUT2D eigenvalue weighted by Crippen LogP contribution is 2.26. The van der Waals surface area contributed by atoms with Crippen molar-refractivity contribution in [3.63, 3.8) is 0 Å². The Morgan fingerprint density at radius 1 is 1.14 bits per heavy atom. The molecular formula is C16H13NO5. The molecular weight excluding hydrogens is 286 g/mol. The van der Waals surface area contributed by atoms with Crippen LogP contribution in [0.5, 0.6) is 0 Å². The summed E-state index contributed by atoms with van der Waals surface area (Å²) in [7, 11) is 0. The predicted molar refractivity (Wildman–Crippen MR) is 80.1 cm³/mol. The van der Waals surface area contributed by atoms with Crippen molar-refractivity contribution >= 4 is 23.3 Å². The van der Waals surface area contributed by atoms with E-state index in [0.29, 0.717) is 17.1 Å². The van der Waals surface area contributed by atoms with E-state index in [9.17, 15) is 19.7 Å². The summed E-state index contributed by atoms with van der Waals surface area (Å²) >= 11 is 0. The van der Waals surface area contributed by atoms with Crippen molar-refractivity contribution in [2.75, 3.05) is 0 Å². The van der Waals surface area contributed by atoms with Crippen LogP contribution in [0.3, 0.4) is 0 Å². The summed E-state index contributed by atoms with van der Waals surface area (Å²) in [5.74, 6) is 0.0601. The lowest BCUT2D eigenvalue weighted by molar-refractivity contribution is -0.384. The standard InChI is InChI=1S/C16H13NO5/c1-10(18)15(11(2)19)9-14-6-7-16(22-14)12-4-3-5-13(8-12)17(20)21/h3-9H,1-2H3. The zero-order valence-electron chi connectivity index (χ0n) is 12.0. The van der Waals surface area contributed by atoms with Gasteiger partial charge in [0.05, 0.1) is 10.5 Å². The molecule has 0 radical (unpaired) electrons. The van der Waals surface area contributed by atoms with E-state index in [-0.39, 0.29) is 22.8 Å². The maximum absolute atomic E-state index is 11.4. The summed E-state index contributed by atoms with van der Waals surface area (Å²) < 4.78 is 5.53. The fourth-order valence-corrected chi connectivity index (χ4v) is 1.95. The van der Waals surface area contributed by atoms with Crippen LogP contribution >= 0.6 is 0 Å². The number of nitro groups is 1. The summed E-state index contributed by atoms with van der Waals surface area (Å²) in [6.07, 6.45) is 1.37. The number of carbonyl (C=O) groups is 2. The molecule has 0 fully saturated rings. The van der Waals surface area contributed by atoms with E-state index in [1.807, 2.05) is 0 Å². The van der Waals surface area contributed by atoms with Crippen LogP contribution in [0.2, 0.25) is 0 Å². The van der Waals surface area contributed by atoms with Gasteiger partial charge in [-0.3, -0.25) is 19.7 Å². The number of ketones is 2. The molecule has 0 saturated heterocycles. The Morgan fingerprint density at radius 2 is 1.82 bits per heavy atom. The van der Waals surface area contributed by atoms with E-state index in [0.717, 1.165) is 0 Å². The second-order valence-electron chi connectivity index (χ2n) is 4.68. The average Bonchev–Trinajstić information content (AvgIpc) is 2.93. The monoisotopic (exact) mass is 299 g/mol. The SMILES string of the molecule is CC(=O)C(=Cc1ccc(-c2cccc([N+](=O)[O-])c2)o1)C(C)=O. The molecule has 0 unspecified atom stereocenters. The molecule has 1 aromatic heterocycles. The number of nitro benzene ring substituents is 1. The number of nitrogens with zero attached hydrogens (tertiary/aromatic N) is 1. The molecule has 6 nitrogen and oxygen atoms in total. The minimum Gasteiger partial charge on any atom is -0.457 e. The van der Waals surface area contributed by atoms with E-state index < -0.39 is 4.92 Å². The van der Waals surface area contributed by atoms with Gasteiger partial charge >= 0.3 is 0 Å². The van der Waals surface area contributed by atoms with Crippen molar-refractivity contribution in [2.24, 2.45) is 0 Å². The van der Waals surface area contributed by atoms with Gasteiger partial charge in [0.2, 0.25) is 0 Å². The third-order valence-electron chi connectivity index (χ3n) is 3.01. The highest BCUT2D eigenvalue weighted by atomic mass is 16.6. The molecule has 0 aliphatic rings. The van der Waals surface area contributed by atoms with Gasteiger partial charge in [0.25, 0.3) is 5.69 Å². The van der Waals surface area contributed by atoms with Gasteiger partial charge in [-0.2, -0.15) is 0 Å². The van der Waals surface area contributed by atoms with E-state index in [4.69, 9.17) is 4.42 Å². The molecule has 112 valence electrons. The maximum Gasteiger partial charge on any atom is 0.270 e. The van der Waals surface area contributed by atoms with Gasteiger partial charge in [0.1, 0.15) is 11.5 Å². The van der Waals surface area contributed by atoms with Crippen molar-refractivity contribution in [1.82, 2.24) is 0 Å². The Kier molecular flexibility index (Phi) is 4.31. The molecule has 2 rings (SSSR count). The van der Waals surface area contributed by atoms with Gasteiger partial charge in [-0.15, -0.1) is 0 Å². The minimum absolute atomic E-state index is 0.0416. The van der Waals surface area contributed by atoms with Crippen LogP contribution < -0.4 is 0 Å². The smallest absolute Gasteiger partial charge is 0.270 e. The summed E-state index contributed by atoms with van der Waals surface area (Å²) in [6.45, 7) is 2.61. The number of hydrogen-bond donors (Lipinski definition) is 0. The molecule has 0 bridgehead atoms. The van der Waals surface area contributed by atoms with Crippen molar-refractivity contribution in [3.05, 3.63) is 57.8 Å². The number of benzene rings is 1. The largest absolute Gasteiger partial charge is 0.457 e. The molecule has 0 N–H and O–H groups in total. The fourth-order valence-electron chi connectivity index (χ4n) is 1.95. The lowest BCUT2D eigenvalue weighted by atomic mass is 10.1.